The van der Waals surface area contributed by atoms with Gasteiger partial charge in [0.1, 0.15) is 0 Å². The van der Waals surface area contributed by atoms with Crippen LogP contribution >= 0.6 is 0 Å². The molecule has 0 unspecified atom stereocenters. The Morgan fingerprint density at radius 3 is 0.591 bits per heavy atom. The van der Waals surface area contributed by atoms with Crippen molar-refractivity contribution in [3.8, 4) is 0 Å². The average molecular weight is 934 g/mol. The first-order chi connectivity index (χ1) is 32.7. The highest BCUT2D eigenvalue weighted by molar-refractivity contribution is 4.80. The molecule has 0 fully saturated rings. The van der Waals surface area contributed by atoms with Gasteiger partial charge in [0, 0.05) is 19.8 Å². The largest absolute Gasteiger partial charge is 0.381 e. The van der Waals surface area contributed by atoms with E-state index in [-0.39, 0.29) is 5.41 Å². The smallest absolute Gasteiger partial charge is 0.0645 e. The molecule has 0 aromatic rings. The van der Waals surface area contributed by atoms with Gasteiger partial charge in [-0.05, 0) is 19.3 Å². The molecule has 0 bridgehead atoms. The Kier molecular flexibility index (Phi) is 58.5. The molecule has 0 radical (unpaired) electrons. The normalized spacial score (nSPS) is 11.9. The average Bonchev–Trinajstić information content (AvgIpc) is 3.33. The van der Waals surface area contributed by atoms with E-state index >= 15 is 0 Å². The molecule has 0 rings (SSSR count). The topological polar surface area (TPSA) is 36.9 Å². The molecule has 0 aliphatic carbocycles. The summed E-state index contributed by atoms with van der Waals surface area (Å²) in [7, 11) is 0. The summed E-state index contributed by atoms with van der Waals surface area (Å²) >= 11 is 0. The molecule has 0 aliphatic rings. The second-order valence-electron chi connectivity index (χ2n) is 21.4. The molecule has 0 amide bonds. The van der Waals surface area contributed by atoms with Crippen LogP contribution in [0.3, 0.4) is 0 Å². The fourth-order valence-corrected chi connectivity index (χ4v) is 9.73. The van der Waals surface area contributed by atoms with E-state index in [9.17, 15) is 0 Å². The van der Waals surface area contributed by atoms with E-state index < -0.39 is 0 Å². The lowest BCUT2D eigenvalue weighted by Crippen LogP contribution is -2.42. The first-order valence-corrected chi connectivity index (χ1v) is 30.7. The van der Waals surface area contributed by atoms with Crippen LogP contribution in [0.2, 0.25) is 0 Å². The molecule has 0 heterocycles. The zero-order chi connectivity index (χ0) is 47.6. The quantitative estimate of drug-likeness (QED) is 0.0450. The summed E-state index contributed by atoms with van der Waals surface area (Å²) in [6.45, 7) is 16.4. The van der Waals surface area contributed by atoms with Crippen molar-refractivity contribution in [2.45, 2.75) is 329 Å². The van der Waals surface area contributed by atoms with Crippen LogP contribution in [-0.4, -0.2) is 52.9 Å². The third kappa shape index (κ3) is 52.9. The Labute approximate surface area is 417 Å². The van der Waals surface area contributed by atoms with Crippen molar-refractivity contribution >= 4 is 0 Å². The zero-order valence-electron chi connectivity index (χ0n) is 46.0. The fourth-order valence-electron chi connectivity index (χ4n) is 9.73. The van der Waals surface area contributed by atoms with Gasteiger partial charge in [0.15, 0.2) is 0 Å². The minimum atomic E-state index is -0.276. The highest BCUT2D eigenvalue weighted by Gasteiger charge is 2.32. The van der Waals surface area contributed by atoms with Gasteiger partial charge in [0.2, 0.25) is 0 Å². The monoisotopic (exact) mass is 933 g/mol. The molecule has 396 valence electrons. The van der Waals surface area contributed by atoms with Crippen LogP contribution in [0.25, 0.3) is 0 Å². The zero-order valence-corrected chi connectivity index (χ0v) is 46.0. The van der Waals surface area contributed by atoms with Crippen LogP contribution < -0.4 is 0 Å². The SMILES string of the molecule is C=CCOCC(COCCCCCCCCCCCCCCCCCC)(COCCCCCCCCCCCCCCCCCC)COCCCCCCCCCCCCCCCCCC. The highest BCUT2D eigenvalue weighted by Crippen LogP contribution is 2.23. The summed E-state index contributed by atoms with van der Waals surface area (Å²) in [4.78, 5) is 0. The molecule has 0 atom stereocenters. The van der Waals surface area contributed by atoms with Crippen LogP contribution in [0.15, 0.2) is 12.7 Å². The number of hydrogen-bond acceptors (Lipinski definition) is 4. The number of hydrogen-bond donors (Lipinski definition) is 0. The Morgan fingerprint density at radius 1 is 0.242 bits per heavy atom. The lowest BCUT2D eigenvalue weighted by molar-refractivity contribution is -0.104. The predicted molar refractivity (Wildman–Crippen MR) is 295 cm³/mol. The minimum absolute atomic E-state index is 0.276. The van der Waals surface area contributed by atoms with Crippen LogP contribution in [0, 0.1) is 5.41 Å². The Hall–Kier alpha value is -0.420. The standard InChI is InChI=1S/C62H124O4/c1-5-9-12-15-18-21-24-27-30-33-36-39-42-45-48-51-55-64-59-62(58-63-54-8-4,60-65-56-52-49-46-43-40-37-34-31-28-25-22-19-16-13-10-6-2)61-66-57-53-50-47-44-41-38-35-32-29-26-23-20-17-14-11-7-3/h8H,4-7,9-61H2,1-3H3. The van der Waals surface area contributed by atoms with Crippen LogP contribution in [0.1, 0.15) is 329 Å². The van der Waals surface area contributed by atoms with Crippen molar-refractivity contribution in [3.05, 3.63) is 12.7 Å². The van der Waals surface area contributed by atoms with Gasteiger partial charge in [-0.2, -0.15) is 0 Å². The van der Waals surface area contributed by atoms with Crippen molar-refractivity contribution in [1.82, 2.24) is 0 Å². The maximum atomic E-state index is 6.46. The molecule has 0 aromatic heterocycles. The fraction of sp³-hybridized carbons (Fsp3) is 0.968. The third-order valence-electron chi connectivity index (χ3n) is 14.3. The Balaban J connectivity index is 4.47. The van der Waals surface area contributed by atoms with E-state index in [1.165, 1.54) is 289 Å². The van der Waals surface area contributed by atoms with Gasteiger partial charge in [-0.1, -0.05) is 316 Å². The maximum absolute atomic E-state index is 6.46. The van der Waals surface area contributed by atoms with Crippen LogP contribution in [0.4, 0.5) is 0 Å². The predicted octanol–water partition coefficient (Wildman–Crippen LogP) is 21.0. The Bertz CT molecular complexity index is 763. The molecule has 4 nitrogen and oxygen atoms in total. The van der Waals surface area contributed by atoms with E-state index in [1.807, 2.05) is 6.08 Å². The number of ether oxygens (including phenoxy) is 4. The van der Waals surface area contributed by atoms with Gasteiger partial charge in [-0.3, -0.25) is 0 Å². The Morgan fingerprint density at radius 2 is 0.409 bits per heavy atom. The summed E-state index contributed by atoms with van der Waals surface area (Å²) in [5.41, 5.74) is -0.276. The molecule has 66 heavy (non-hydrogen) atoms. The van der Waals surface area contributed by atoms with Gasteiger partial charge in [0.25, 0.3) is 0 Å². The van der Waals surface area contributed by atoms with Crippen molar-refractivity contribution in [3.63, 3.8) is 0 Å². The van der Waals surface area contributed by atoms with Crippen molar-refractivity contribution in [2.24, 2.45) is 5.41 Å². The molecule has 4 heteroatoms. The van der Waals surface area contributed by atoms with Crippen LogP contribution in [-0.2, 0) is 18.9 Å². The van der Waals surface area contributed by atoms with Crippen molar-refractivity contribution in [2.75, 3.05) is 52.9 Å². The minimum Gasteiger partial charge on any atom is -0.381 e. The van der Waals surface area contributed by atoms with E-state index in [0.717, 1.165) is 39.1 Å². The third-order valence-corrected chi connectivity index (χ3v) is 14.3. The van der Waals surface area contributed by atoms with Gasteiger partial charge >= 0.3 is 0 Å². The van der Waals surface area contributed by atoms with Gasteiger partial charge in [-0.15, -0.1) is 6.58 Å². The number of unbranched alkanes of at least 4 members (excludes halogenated alkanes) is 45. The molecule has 0 saturated heterocycles. The van der Waals surface area contributed by atoms with E-state index in [1.54, 1.807) is 0 Å². The molecule has 0 saturated carbocycles. The highest BCUT2D eigenvalue weighted by atomic mass is 16.5. The summed E-state index contributed by atoms with van der Waals surface area (Å²) in [5.74, 6) is 0. The van der Waals surface area contributed by atoms with Gasteiger partial charge < -0.3 is 18.9 Å². The van der Waals surface area contributed by atoms with E-state index in [2.05, 4.69) is 27.4 Å². The molecular formula is C62H124O4. The maximum Gasteiger partial charge on any atom is 0.0645 e. The van der Waals surface area contributed by atoms with Crippen molar-refractivity contribution < 1.29 is 18.9 Å². The van der Waals surface area contributed by atoms with Gasteiger partial charge in [-0.25, -0.2) is 0 Å². The summed E-state index contributed by atoms with van der Waals surface area (Å²) in [5, 5.41) is 0. The van der Waals surface area contributed by atoms with E-state index in [4.69, 9.17) is 18.9 Å². The van der Waals surface area contributed by atoms with E-state index in [0.29, 0.717) is 33.0 Å². The molecule has 0 N–H and O–H groups in total. The second-order valence-corrected chi connectivity index (χ2v) is 21.4. The van der Waals surface area contributed by atoms with Crippen molar-refractivity contribution in [1.29, 1.82) is 0 Å². The molecule has 0 spiro atoms. The lowest BCUT2D eigenvalue weighted by atomic mass is 9.92. The molecular weight excluding hydrogens is 809 g/mol. The molecule has 0 aromatic carbocycles. The number of rotatable bonds is 61. The first kappa shape index (κ1) is 65.6. The first-order valence-electron chi connectivity index (χ1n) is 30.7. The summed E-state index contributed by atoms with van der Waals surface area (Å²) in [6.07, 6.45) is 68.6. The van der Waals surface area contributed by atoms with Crippen LogP contribution in [0.5, 0.6) is 0 Å². The lowest BCUT2D eigenvalue weighted by Gasteiger charge is -2.33. The van der Waals surface area contributed by atoms with Gasteiger partial charge in [0.05, 0.1) is 38.4 Å². The molecule has 0 aliphatic heterocycles. The summed E-state index contributed by atoms with van der Waals surface area (Å²) < 4.78 is 25.5. The summed E-state index contributed by atoms with van der Waals surface area (Å²) in [6, 6.07) is 0. The second kappa shape index (κ2) is 58.9.